The highest BCUT2D eigenvalue weighted by molar-refractivity contribution is 5.90. The summed E-state index contributed by atoms with van der Waals surface area (Å²) < 4.78 is 6.71. The smallest absolute Gasteiger partial charge is 0.412 e. The van der Waals surface area contributed by atoms with Crippen molar-refractivity contribution >= 4 is 23.8 Å². The Bertz CT molecular complexity index is 526. The van der Waals surface area contributed by atoms with Crippen LogP contribution in [-0.2, 0) is 16.1 Å². The molecule has 110 valence electrons. The fourth-order valence-electron chi connectivity index (χ4n) is 1.48. The van der Waals surface area contributed by atoms with E-state index in [0.29, 0.717) is 17.9 Å². The summed E-state index contributed by atoms with van der Waals surface area (Å²) in [5.41, 5.74) is 0.293. The highest BCUT2D eigenvalue weighted by Gasteiger charge is 2.18. The van der Waals surface area contributed by atoms with Crippen LogP contribution in [-0.4, -0.2) is 32.6 Å². The highest BCUT2D eigenvalue weighted by atomic mass is 16.6. The van der Waals surface area contributed by atoms with Crippen molar-refractivity contribution in [3.63, 3.8) is 0 Å². The minimum Gasteiger partial charge on any atom is -0.478 e. The molecule has 0 aliphatic heterocycles. The van der Waals surface area contributed by atoms with Gasteiger partial charge in [-0.3, -0.25) is 10.00 Å². The molecule has 0 spiro atoms. The fourth-order valence-corrected chi connectivity index (χ4v) is 1.48. The zero-order chi connectivity index (χ0) is 15.3. The first-order chi connectivity index (χ1) is 9.23. The molecule has 20 heavy (non-hydrogen) atoms. The number of carboxylic acid groups (broad SMARTS) is 1. The van der Waals surface area contributed by atoms with Crippen LogP contribution in [0.1, 0.15) is 33.4 Å². The molecule has 0 saturated carbocycles. The summed E-state index contributed by atoms with van der Waals surface area (Å²) in [5, 5.41) is 15.3. The van der Waals surface area contributed by atoms with Crippen LogP contribution in [0.4, 0.5) is 10.5 Å². The molecule has 0 aliphatic carbocycles. The lowest BCUT2D eigenvalue weighted by atomic mass is 10.2. The predicted molar refractivity (Wildman–Crippen MR) is 74.4 cm³/mol. The number of carbonyl (C=O) groups is 2. The molecule has 1 aromatic heterocycles. The number of amides is 1. The summed E-state index contributed by atoms with van der Waals surface area (Å²) in [6.45, 7) is 7.69. The maximum absolute atomic E-state index is 11.7. The Kier molecular flexibility index (Phi) is 4.90. The van der Waals surface area contributed by atoms with Crippen molar-refractivity contribution in [2.45, 2.75) is 39.8 Å². The van der Waals surface area contributed by atoms with Gasteiger partial charge >= 0.3 is 12.1 Å². The van der Waals surface area contributed by atoms with E-state index < -0.39 is 17.7 Å². The molecule has 0 fully saturated rings. The van der Waals surface area contributed by atoms with Gasteiger partial charge in [-0.1, -0.05) is 0 Å². The third-order valence-electron chi connectivity index (χ3n) is 2.20. The van der Waals surface area contributed by atoms with Crippen LogP contribution in [0, 0.1) is 0 Å². The van der Waals surface area contributed by atoms with Gasteiger partial charge in [0.15, 0.2) is 0 Å². The van der Waals surface area contributed by atoms with E-state index in [1.165, 1.54) is 12.3 Å². The van der Waals surface area contributed by atoms with Crippen LogP contribution >= 0.6 is 0 Å². The van der Waals surface area contributed by atoms with E-state index in [9.17, 15) is 9.59 Å². The van der Waals surface area contributed by atoms with E-state index in [0.717, 1.165) is 6.08 Å². The van der Waals surface area contributed by atoms with Gasteiger partial charge in [0, 0.05) is 12.6 Å². The summed E-state index contributed by atoms with van der Waals surface area (Å²) in [7, 11) is 0. The van der Waals surface area contributed by atoms with Gasteiger partial charge in [0.05, 0.1) is 17.6 Å². The molecular formula is C13H19N3O4. The third-order valence-corrected chi connectivity index (χ3v) is 2.20. The SMILES string of the molecule is CCn1ncc(NC(=O)OC(C)(C)C)c1C=CC(=O)O. The van der Waals surface area contributed by atoms with Crippen molar-refractivity contribution < 1.29 is 19.4 Å². The molecule has 0 radical (unpaired) electrons. The number of aromatic nitrogens is 2. The molecule has 7 nitrogen and oxygen atoms in total. The Morgan fingerprint density at radius 1 is 1.50 bits per heavy atom. The lowest BCUT2D eigenvalue weighted by Crippen LogP contribution is -2.27. The quantitative estimate of drug-likeness (QED) is 0.826. The Hall–Kier alpha value is -2.31. The van der Waals surface area contributed by atoms with Crippen molar-refractivity contribution in [1.29, 1.82) is 0 Å². The molecule has 1 rings (SSSR count). The summed E-state index contributed by atoms with van der Waals surface area (Å²) in [5.74, 6) is -1.07. The second kappa shape index (κ2) is 6.23. The van der Waals surface area contributed by atoms with Crippen molar-refractivity contribution in [3.05, 3.63) is 18.0 Å². The Morgan fingerprint density at radius 2 is 2.15 bits per heavy atom. The summed E-state index contributed by atoms with van der Waals surface area (Å²) in [6, 6.07) is 0. The zero-order valence-electron chi connectivity index (χ0n) is 12.0. The van der Waals surface area contributed by atoms with E-state index in [2.05, 4.69) is 10.4 Å². The van der Waals surface area contributed by atoms with E-state index in [1.807, 2.05) is 6.92 Å². The molecule has 1 amide bonds. The minimum absolute atomic E-state index is 0.401. The van der Waals surface area contributed by atoms with Gasteiger partial charge in [-0.25, -0.2) is 9.59 Å². The number of anilines is 1. The van der Waals surface area contributed by atoms with Crippen LogP contribution < -0.4 is 5.32 Å². The first-order valence-electron chi connectivity index (χ1n) is 6.19. The molecule has 7 heteroatoms. The predicted octanol–water partition coefficient (Wildman–Crippen LogP) is 2.35. The third kappa shape index (κ3) is 4.75. The van der Waals surface area contributed by atoms with Gasteiger partial charge in [-0.2, -0.15) is 5.10 Å². The van der Waals surface area contributed by atoms with E-state index >= 15 is 0 Å². The second-order valence-electron chi connectivity index (χ2n) is 5.06. The van der Waals surface area contributed by atoms with E-state index in [-0.39, 0.29) is 0 Å². The normalized spacial score (nSPS) is 11.6. The molecule has 0 saturated heterocycles. The molecule has 1 heterocycles. The number of nitrogens with one attached hydrogen (secondary N) is 1. The summed E-state index contributed by atoms with van der Waals surface area (Å²) in [6.07, 6.45) is 3.21. The number of ether oxygens (including phenoxy) is 1. The van der Waals surface area contributed by atoms with Crippen LogP contribution in [0.3, 0.4) is 0 Å². The zero-order valence-corrected chi connectivity index (χ0v) is 12.0. The minimum atomic E-state index is -1.07. The number of rotatable bonds is 4. The number of hydrogen-bond acceptors (Lipinski definition) is 4. The van der Waals surface area contributed by atoms with Gasteiger partial charge in [0.2, 0.25) is 0 Å². The molecule has 0 aromatic carbocycles. The number of carboxylic acids is 1. The average molecular weight is 281 g/mol. The number of aryl methyl sites for hydroxylation is 1. The first-order valence-corrected chi connectivity index (χ1v) is 6.19. The van der Waals surface area contributed by atoms with E-state index in [4.69, 9.17) is 9.84 Å². The molecule has 1 aromatic rings. The maximum atomic E-state index is 11.7. The number of carbonyl (C=O) groups excluding carboxylic acids is 1. The largest absolute Gasteiger partial charge is 0.478 e. The van der Waals surface area contributed by atoms with Gasteiger partial charge in [-0.15, -0.1) is 0 Å². The van der Waals surface area contributed by atoms with Crippen molar-refractivity contribution in [1.82, 2.24) is 9.78 Å². The topological polar surface area (TPSA) is 93.5 Å². The number of nitrogens with zero attached hydrogens (tertiary/aromatic N) is 2. The van der Waals surface area contributed by atoms with Crippen LogP contribution in [0.5, 0.6) is 0 Å². The highest BCUT2D eigenvalue weighted by Crippen LogP contribution is 2.18. The molecule has 0 atom stereocenters. The average Bonchev–Trinajstić information content (AvgIpc) is 2.65. The lowest BCUT2D eigenvalue weighted by molar-refractivity contribution is -0.131. The second-order valence-corrected chi connectivity index (χ2v) is 5.06. The van der Waals surface area contributed by atoms with Gasteiger partial charge in [0.25, 0.3) is 0 Å². The van der Waals surface area contributed by atoms with Crippen LogP contribution in [0.15, 0.2) is 12.3 Å². The van der Waals surface area contributed by atoms with Crippen LogP contribution in [0.25, 0.3) is 6.08 Å². The summed E-state index contributed by atoms with van der Waals surface area (Å²) in [4.78, 5) is 22.3. The van der Waals surface area contributed by atoms with Gasteiger partial charge in [0.1, 0.15) is 5.60 Å². The van der Waals surface area contributed by atoms with Gasteiger partial charge in [-0.05, 0) is 33.8 Å². The van der Waals surface area contributed by atoms with Crippen molar-refractivity contribution in [3.8, 4) is 0 Å². The molecule has 2 N–H and O–H groups in total. The Morgan fingerprint density at radius 3 is 2.65 bits per heavy atom. The first kappa shape index (κ1) is 15.7. The Balaban J connectivity index is 2.93. The monoisotopic (exact) mass is 281 g/mol. The van der Waals surface area contributed by atoms with Crippen molar-refractivity contribution in [2.75, 3.05) is 5.32 Å². The molecule has 0 bridgehead atoms. The molecule has 0 unspecified atom stereocenters. The maximum Gasteiger partial charge on any atom is 0.412 e. The van der Waals surface area contributed by atoms with Crippen molar-refractivity contribution in [2.24, 2.45) is 0 Å². The van der Waals surface area contributed by atoms with Crippen LogP contribution in [0.2, 0.25) is 0 Å². The summed E-state index contributed by atoms with van der Waals surface area (Å²) >= 11 is 0. The number of aliphatic carboxylic acids is 1. The standard InChI is InChI=1S/C13H19N3O4/c1-5-16-10(6-7-11(17)18)9(8-14-16)15-12(19)20-13(2,3)4/h6-8H,5H2,1-4H3,(H,15,19)(H,17,18). The Labute approximate surface area is 117 Å². The number of hydrogen-bond donors (Lipinski definition) is 2. The van der Waals surface area contributed by atoms with Gasteiger partial charge < -0.3 is 9.84 Å². The fraction of sp³-hybridized carbons (Fsp3) is 0.462. The molecule has 0 aliphatic rings. The molecular weight excluding hydrogens is 262 g/mol. The lowest BCUT2D eigenvalue weighted by Gasteiger charge is -2.19. The van der Waals surface area contributed by atoms with E-state index in [1.54, 1.807) is 25.5 Å².